The third-order valence-electron chi connectivity index (χ3n) is 4.08. The van der Waals surface area contributed by atoms with E-state index in [1.807, 2.05) is 0 Å². The summed E-state index contributed by atoms with van der Waals surface area (Å²) in [4.78, 5) is 37.8. The molecule has 1 aliphatic heterocycles. The molecule has 6 nitrogen and oxygen atoms in total. The Bertz CT molecular complexity index is 531. The fourth-order valence-electron chi connectivity index (χ4n) is 3.00. The van der Waals surface area contributed by atoms with Crippen LogP contribution in [0.15, 0.2) is 11.6 Å². The molecule has 1 heterocycles. The first-order valence-corrected chi connectivity index (χ1v) is 7.45. The lowest BCUT2D eigenvalue weighted by Gasteiger charge is -2.43. The van der Waals surface area contributed by atoms with Crippen LogP contribution in [0.5, 0.6) is 0 Å². The van der Waals surface area contributed by atoms with Gasteiger partial charge >= 0.3 is 12.1 Å². The molecular weight excluding hydrogens is 286 g/mol. The summed E-state index contributed by atoms with van der Waals surface area (Å²) in [7, 11) is 1.33. The zero-order valence-electron chi connectivity index (χ0n) is 13.6. The number of Topliss-reactive ketones (excluding diaryl/α,β-unsaturated/α-hetero) is 1. The molecule has 1 fully saturated rings. The van der Waals surface area contributed by atoms with Crippen molar-refractivity contribution in [2.24, 2.45) is 5.41 Å². The molecule has 0 aromatic rings. The Kier molecular flexibility index (Phi) is 4.31. The van der Waals surface area contributed by atoms with Crippen molar-refractivity contribution < 1.29 is 23.9 Å². The smallest absolute Gasteiger partial charge is 0.410 e. The van der Waals surface area contributed by atoms with Crippen LogP contribution >= 0.6 is 0 Å². The monoisotopic (exact) mass is 309 g/mol. The molecule has 0 unspecified atom stereocenters. The van der Waals surface area contributed by atoms with Crippen LogP contribution in [0.25, 0.3) is 0 Å². The number of carbonyl (C=O) groups excluding carboxylic acids is 3. The van der Waals surface area contributed by atoms with E-state index in [4.69, 9.17) is 9.47 Å². The van der Waals surface area contributed by atoms with E-state index in [0.717, 1.165) is 5.57 Å². The van der Waals surface area contributed by atoms with Gasteiger partial charge in [-0.15, -0.1) is 0 Å². The maximum atomic E-state index is 12.3. The predicted molar refractivity (Wildman–Crippen MR) is 79.2 cm³/mol. The van der Waals surface area contributed by atoms with Gasteiger partial charge in [-0.1, -0.05) is 6.08 Å². The summed E-state index contributed by atoms with van der Waals surface area (Å²) in [6, 6.07) is 0. The third-order valence-corrected chi connectivity index (χ3v) is 4.08. The van der Waals surface area contributed by atoms with Gasteiger partial charge in [-0.2, -0.15) is 0 Å². The Morgan fingerprint density at radius 2 is 2.00 bits per heavy atom. The summed E-state index contributed by atoms with van der Waals surface area (Å²) in [5, 5.41) is 0. The standard InChI is InChI=1S/C16H23NO5/c1-15(2,3)22-14(20)17-8-6-11-9-12(18)5-7-16(11,10-17)13(19)21-4/h6H,5,7-10H2,1-4H3/t16-/m0/s1. The van der Waals surface area contributed by atoms with Crippen LogP contribution in [0, 0.1) is 5.41 Å². The van der Waals surface area contributed by atoms with E-state index in [1.165, 1.54) is 12.0 Å². The summed E-state index contributed by atoms with van der Waals surface area (Å²) in [5.74, 6) is -0.268. The van der Waals surface area contributed by atoms with E-state index in [1.54, 1.807) is 26.8 Å². The lowest BCUT2D eigenvalue weighted by molar-refractivity contribution is -0.153. The maximum Gasteiger partial charge on any atom is 0.410 e. The Labute approximate surface area is 130 Å². The normalized spacial score (nSPS) is 25.2. The highest BCUT2D eigenvalue weighted by atomic mass is 16.6. The highest BCUT2D eigenvalue weighted by Gasteiger charge is 2.50. The third kappa shape index (κ3) is 3.15. The first kappa shape index (κ1) is 16.5. The number of esters is 1. The average Bonchev–Trinajstić information content (AvgIpc) is 2.44. The molecule has 1 saturated carbocycles. The highest BCUT2D eigenvalue weighted by molar-refractivity contribution is 5.90. The lowest BCUT2D eigenvalue weighted by Crippen LogP contribution is -2.53. The van der Waals surface area contributed by atoms with Crippen LogP contribution in [-0.4, -0.2) is 48.5 Å². The van der Waals surface area contributed by atoms with Crippen molar-refractivity contribution in [2.45, 2.75) is 45.6 Å². The van der Waals surface area contributed by atoms with Crippen molar-refractivity contribution in [3.8, 4) is 0 Å². The summed E-state index contributed by atoms with van der Waals surface area (Å²) in [5.41, 5.74) is -0.727. The fraction of sp³-hybridized carbons (Fsp3) is 0.688. The van der Waals surface area contributed by atoms with E-state index < -0.39 is 17.1 Å². The van der Waals surface area contributed by atoms with Crippen LogP contribution < -0.4 is 0 Å². The zero-order valence-corrected chi connectivity index (χ0v) is 13.6. The van der Waals surface area contributed by atoms with Gasteiger partial charge in [0, 0.05) is 25.9 Å². The highest BCUT2D eigenvalue weighted by Crippen LogP contribution is 2.43. The molecule has 1 atom stereocenters. The summed E-state index contributed by atoms with van der Waals surface area (Å²) < 4.78 is 10.3. The number of fused-ring (bicyclic) bond motifs is 1. The second kappa shape index (κ2) is 5.74. The molecule has 0 N–H and O–H groups in total. The van der Waals surface area contributed by atoms with E-state index in [9.17, 15) is 14.4 Å². The second-order valence-electron chi connectivity index (χ2n) is 6.88. The lowest BCUT2D eigenvalue weighted by atomic mass is 9.68. The topological polar surface area (TPSA) is 72.9 Å². The molecule has 0 aromatic heterocycles. The summed E-state index contributed by atoms with van der Waals surface area (Å²) in [6.45, 7) is 5.94. The van der Waals surface area contributed by atoms with Crippen molar-refractivity contribution >= 4 is 17.8 Å². The van der Waals surface area contributed by atoms with Crippen molar-refractivity contribution in [1.82, 2.24) is 4.90 Å². The Morgan fingerprint density at radius 1 is 1.32 bits per heavy atom. The minimum absolute atomic E-state index is 0.122. The first-order chi connectivity index (χ1) is 10.2. The number of rotatable bonds is 1. The number of ether oxygens (including phenoxy) is 2. The molecule has 0 radical (unpaired) electrons. The van der Waals surface area contributed by atoms with Gasteiger partial charge in [-0.3, -0.25) is 9.59 Å². The van der Waals surface area contributed by atoms with E-state index in [2.05, 4.69) is 0 Å². The van der Waals surface area contributed by atoms with E-state index in [0.29, 0.717) is 19.4 Å². The zero-order chi connectivity index (χ0) is 16.5. The largest absolute Gasteiger partial charge is 0.468 e. The van der Waals surface area contributed by atoms with E-state index >= 15 is 0 Å². The van der Waals surface area contributed by atoms with Gasteiger partial charge in [-0.05, 0) is 32.8 Å². The summed E-state index contributed by atoms with van der Waals surface area (Å²) >= 11 is 0. The Morgan fingerprint density at radius 3 is 2.59 bits per heavy atom. The first-order valence-electron chi connectivity index (χ1n) is 7.45. The molecule has 22 heavy (non-hydrogen) atoms. The number of amides is 1. The predicted octanol–water partition coefficient (Wildman–Crippen LogP) is 2.08. The molecular formula is C16H23NO5. The maximum absolute atomic E-state index is 12.3. The van der Waals surface area contributed by atoms with Gasteiger partial charge in [0.15, 0.2) is 0 Å². The van der Waals surface area contributed by atoms with Gasteiger partial charge in [0.2, 0.25) is 0 Å². The number of hydrogen-bond acceptors (Lipinski definition) is 5. The number of ketones is 1. The number of nitrogens with zero attached hydrogens (tertiary/aromatic N) is 1. The SMILES string of the molecule is COC(=O)[C@]12CCC(=O)CC1=CCN(C(=O)OC(C)(C)C)C2. The molecule has 2 rings (SSSR count). The molecule has 1 amide bonds. The summed E-state index contributed by atoms with van der Waals surface area (Å²) in [6.07, 6.45) is 2.31. The number of carbonyl (C=O) groups is 3. The van der Waals surface area contributed by atoms with Crippen LogP contribution in [-0.2, 0) is 19.1 Å². The van der Waals surface area contributed by atoms with Crippen LogP contribution in [0.1, 0.15) is 40.0 Å². The molecule has 122 valence electrons. The molecule has 0 saturated heterocycles. The Balaban J connectivity index is 2.26. The van der Waals surface area contributed by atoms with E-state index in [-0.39, 0.29) is 24.7 Å². The van der Waals surface area contributed by atoms with Gasteiger partial charge in [-0.25, -0.2) is 4.79 Å². The Hall–Kier alpha value is -1.85. The minimum atomic E-state index is -0.905. The number of hydrogen-bond donors (Lipinski definition) is 0. The molecule has 2 aliphatic rings. The van der Waals surface area contributed by atoms with Gasteiger partial charge in [0.1, 0.15) is 16.8 Å². The van der Waals surface area contributed by atoms with Crippen molar-refractivity contribution in [3.05, 3.63) is 11.6 Å². The molecule has 0 bridgehead atoms. The molecule has 6 heteroatoms. The van der Waals surface area contributed by atoms with Crippen LogP contribution in [0.3, 0.4) is 0 Å². The fourth-order valence-corrected chi connectivity index (χ4v) is 3.00. The minimum Gasteiger partial charge on any atom is -0.468 e. The van der Waals surface area contributed by atoms with Gasteiger partial charge in [0.25, 0.3) is 0 Å². The van der Waals surface area contributed by atoms with Crippen molar-refractivity contribution in [1.29, 1.82) is 0 Å². The van der Waals surface area contributed by atoms with Gasteiger partial charge in [0.05, 0.1) is 7.11 Å². The molecule has 0 aromatic carbocycles. The molecule has 0 spiro atoms. The van der Waals surface area contributed by atoms with Crippen LogP contribution in [0.2, 0.25) is 0 Å². The quantitative estimate of drug-likeness (QED) is 0.547. The van der Waals surface area contributed by atoms with Crippen LogP contribution in [0.4, 0.5) is 4.79 Å². The average molecular weight is 309 g/mol. The van der Waals surface area contributed by atoms with Crippen molar-refractivity contribution in [3.63, 3.8) is 0 Å². The number of methoxy groups -OCH3 is 1. The van der Waals surface area contributed by atoms with Crippen molar-refractivity contribution in [2.75, 3.05) is 20.2 Å². The molecule has 1 aliphatic carbocycles. The van der Waals surface area contributed by atoms with Gasteiger partial charge < -0.3 is 14.4 Å². The second-order valence-corrected chi connectivity index (χ2v) is 6.88.